The van der Waals surface area contributed by atoms with Crippen molar-refractivity contribution >= 4 is 16.7 Å². The number of carbonyl (C=O) groups is 1. The summed E-state index contributed by atoms with van der Waals surface area (Å²) in [5, 5.41) is 5.89. The second-order valence-corrected chi connectivity index (χ2v) is 6.54. The number of benzene rings is 2. The Morgan fingerprint density at radius 3 is 2.60 bits per heavy atom. The van der Waals surface area contributed by atoms with Gasteiger partial charge in [-0.05, 0) is 37.3 Å². The number of para-hydroxylation sites is 1. The van der Waals surface area contributed by atoms with Gasteiger partial charge >= 0.3 is 0 Å². The molecular formula is C20H20FN3O. The molecule has 128 valence electrons. The highest BCUT2D eigenvalue weighted by atomic mass is 19.1. The van der Waals surface area contributed by atoms with Gasteiger partial charge in [-0.15, -0.1) is 0 Å². The quantitative estimate of drug-likeness (QED) is 0.669. The minimum absolute atomic E-state index is 0.00927. The van der Waals surface area contributed by atoms with Gasteiger partial charge in [0.1, 0.15) is 5.82 Å². The van der Waals surface area contributed by atoms with Crippen LogP contribution in [-0.2, 0) is 13.1 Å². The molecule has 1 aromatic heterocycles. The Morgan fingerprint density at radius 1 is 1.16 bits per heavy atom. The summed E-state index contributed by atoms with van der Waals surface area (Å²) in [5.74, 6) is -0.227. The van der Waals surface area contributed by atoms with Gasteiger partial charge in [0.05, 0.1) is 11.2 Å². The number of rotatable bonds is 5. The lowest BCUT2D eigenvalue weighted by molar-refractivity contribution is 0.0591. The van der Waals surface area contributed by atoms with Gasteiger partial charge in [0.2, 0.25) is 0 Å². The van der Waals surface area contributed by atoms with Crippen LogP contribution in [0.15, 0.2) is 48.5 Å². The molecule has 0 unspecified atom stereocenters. The third-order valence-electron chi connectivity index (χ3n) is 4.86. The van der Waals surface area contributed by atoms with Crippen LogP contribution in [0.1, 0.15) is 23.0 Å². The summed E-state index contributed by atoms with van der Waals surface area (Å²) >= 11 is 0. The summed E-state index contributed by atoms with van der Waals surface area (Å²) in [6.45, 7) is 5.13. The maximum Gasteiger partial charge on any atom is 0.168 e. The van der Waals surface area contributed by atoms with Crippen LogP contribution in [0.3, 0.4) is 0 Å². The molecule has 0 saturated carbocycles. The van der Waals surface area contributed by atoms with E-state index in [1.165, 1.54) is 17.5 Å². The summed E-state index contributed by atoms with van der Waals surface area (Å²) in [5.41, 5.74) is 2.80. The van der Waals surface area contributed by atoms with Crippen LogP contribution >= 0.6 is 0 Å². The fourth-order valence-corrected chi connectivity index (χ4v) is 3.48. The molecule has 1 fully saturated rings. The molecule has 4 nitrogen and oxygen atoms in total. The average Bonchev–Trinajstić information content (AvgIpc) is 2.96. The highest BCUT2D eigenvalue weighted by Crippen LogP contribution is 2.25. The second-order valence-electron chi connectivity index (χ2n) is 6.54. The van der Waals surface area contributed by atoms with Crippen molar-refractivity contribution in [1.82, 2.24) is 14.7 Å². The first-order chi connectivity index (χ1) is 12.2. The Kier molecular flexibility index (Phi) is 4.09. The summed E-state index contributed by atoms with van der Waals surface area (Å²) < 4.78 is 15.0. The number of halogens is 1. The number of Topliss-reactive ketones (excluding diaryl/α,β-unsaturated/α-hetero) is 1. The zero-order valence-corrected chi connectivity index (χ0v) is 14.2. The number of hydrogen-bond acceptors (Lipinski definition) is 3. The van der Waals surface area contributed by atoms with Gasteiger partial charge in [-0.1, -0.05) is 18.2 Å². The van der Waals surface area contributed by atoms with Crippen LogP contribution in [0.5, 0.6) is 0 Å². The zero-order valence-electron chi connectivity index (χ0n) is 14.2. The highest BCUT2D eigenvalue weighted by molar-refractivity contribution is 5.98. The van der Waals surface area contributed by atoms with Gasteiger partial charge in [0, 0.05) is 43.0 Å². The molecular weight excluding hydrogens is 317 g/mol. The molecule has 0 spiro atoms. The van der Waals surface area contributed by atoms with E-state index in [0.29, 0.717) is 5.56 Å². The molecule has 4 rings (SSSR count). The maximum absolute atomic E-state index is 13.0. The van der Waals surface area contributed by atoms with Gasteiger partial charge in [0.15, 0.2) is 5.78 Å². The molecule has 1 aliphatic rings. The SMILES string of the molecule is CCn1nc(CN2CC(C(=O)c3ccc(F)cc3)C2)c2ccccc21. The van der Waals surface area contributed by atoms with E-state index in [0.717, 1.165) is 37.4 Å². The lowest BCUT2D eigenvalue weighted by Gasteiger charge is -2.37. The number of likely N-dealkylation sites (tertiary alicyclic amines) is 1. The van der Waals surface area contributed by atoms with Gasteiger partial charge in [-0.2, -0.15) is 5.10 Å². The summed E-state index contributed by atoms with van der Waals surface area (Å²) in [4.78, 5) is 14.7. The number of hydrogen-bond donors (Lipinski definition) is 0. The lowest BCUT2D eigenvalue weighted by atomic mass is 9.90. The van der Waals surface area contributed by atoms with E-state index in [1.807, 2.05) is 16.8 Å². The van der Waals surface area contributed by atoms with Crippen molar-refractivity contribution in [3.05, 3.63) is 65.6 Å². The standard InChI is InChI=1S/C20H20FN3O/c1-2-24-19-6-4-3-5-17(19)18(22-24)13-23-11-15(12-23)20(25)14-7-9-16(21)10-8-14/h3-10,15H,2,11-13H2,1H3. The zero-order chi connectivity index (χ0) is 17.4. The smallest absolute Gasteiger partial charge is 0.168 e. The van der Waals surface area contributed by atoms with E-state index in [1.54, 1.807) is 12.1 Å². The fraction of sp³-hybridized carbons (Fsp3) is 0.300. The second kappa shape index (κ2) is 6.41. The van der Waals surface area contributed by atoms with Crippen molar-refractivity contribution in [2.75, 3.05) is 13.1 Å². The Hall–Kier alpha value is -2.53. The summed E-state index contributed by atoms with van der Waals surface area (Å²) in [7, 11) is 0. The van der Waals surface area contributed by atoms with E-state index < -0.39 is 0 Å². The minimum Gasteiger partial charge on any atom is -0.296 e. The van der Waals surface area contributed by atoms with Crippen molar-refractivity contribution in [1.29, 1.82) is 0 Å². The lowest BCUT2D eigenvalue weighted by Crippen LogP contribution is -2.49. The largest absolute Gasteiger partial charge is 0.296 e. The molecule has 25 heavy (non-hydrogen) atoms. The molecule has 0 atom stereocenters. The van der Waals surface area contributed by atoms with Crippen LogP contribution in [-0.4, -0.2) is 33.6 Å². The molecule has 0 bridgehead atoms. The normalized spacial score (nSPS) is 15.4. The molecule has 3 aromatic rings. The third-order valence-corrected chi connectivity index (χ3v) is 4.86. The Bertz CT molecular complexity index is 910. The average molecular weight is 337 g/mol. The first-order valence-electron chi connectivity index (χ1n) is 8.62. The Morgan fingerprint density at radius 2 is 1.88 bits per heavy atom. The Labute approximate surface area is 145 Å². The number of carbonyl (C=O) groups excluding carboxylic acids is 1. The highest BCUT2D eigenvalue weighted by Gasteiger charge is 2.33. The number of fused-ring (bicyclic) bond motifs is 1. The van der Waals surface area contributed by atoms with Gasteiger partial charge < -0.3 is 0 Å². The molecule has 0 radical (unpaired) electrons. The van der Waals surface area contributed by atoms with E-state index in [4.69, 9.17) is 5.10 Å². The molecule has 0 amide bonds. The number of nitrogens with zero attached hydrogens (tertiary/aromatic N) is 3. The predicted octanol–water partition coefficient (Wildman–Crippen LogP) is 3.51. The molecule has 2 aromatic carbocycles. The van der Waals surface area contributed by atoms with Crippen molar-refractivity contribution in [2.24, 2.45) is 5.92 Å². The van der Waals surface area contributed by atoms with E-state index in [2.05, 4.69) is 24.0 Å². The number of aryl methyl sites for hydroxylation is 1. The minimum atomic E-state index is -0.315. The third kappa shape index (κ3) is 2.96. The monoisotopic (exact) mass is 337 g/mol. The van der Waals surface area contributed by atoms with E-state index in [-0.39, 0.29) is 17.5 Å². The van der Waals surface area contributed by atoms with Crippen molar-refractivity contribution in [3.63, 3.8) is 0 Å². The number of ketones is 1. The Balaban J connectivity index is 1.43. The predicted molar refractivity (Wildman–Crippen MR) is 94.9 cm³/mol. The van der Waals surface area contributed by atoms with Crippen molar-refractivity contribution in [3.8, 4) is 0 Å². The molecule has 0 N–H and O–H groups in total. The van der Waals surface area contributed by atoms with Crippen LogP contribution in [0, 0.1) is 11.7 Å². The number of aromatic nitrogens is 2. The van der Waals surface area contributed by atoms with Crippen LogP contribution in [0.2, 0.25) is 0 Å². The summed E-state index contributed by atoms with van der Waals surface area (Å²) in [6, 6.07) is 14.1. The molecule has 5 heteroatoms. The van der Waals surface area contributed by atoms with Crippen molar-refractivity contribution < 1.29 is 9.18 Å². The molecule has 1 aliphatic heterocycles. The maximum atomic E-state index is 13.0. The molecule has 1 saturated heterocycles. The van der Waals surface area contributed by atoms with E-state index in [9.17, 15) is 9.18 Å². The van der Waals surface area contributed by atoms with Gasteiger partial charge in [-0.25, -0.2) is 4.39 Å². The van der Waals surface area contributed by atoms with E-state index >= 15 is 0 Å². The van der Waals surface area contributed by atoms with Crippen LogP contribution in [0.4, 0.5) is 4.39 Å². The van der Waals surface area contributed by atoms with Gasteiger partial charge in [-0.3, -0.25) is 14.4 Å². The van der Waals surface area contributed by atoms with Crippen LogP contribution in [0.25, 0.3) is 10.9 Å². The summed E-state index contributed by atoms with van der Waals surface area (Å²) in [6.07, 6.45) is 0. The van der Waals surface area contributed by atoms with Crippen LogP contribution < -0.4 is 0 Å². The first-order valence-corrected chi connectivity index (χ1v) is 8.62. The van der Waals surface area contributed by atoms with Crippen molar-refractivity contribution in [2.45, 2.75) is 20.0 Å². The topological polar surface area (TPSA) is 38.1 Å². The fourth-order valence-electron chi connectivity index (χ4n) is 3.48. The molecule has 2 heterocycles. The van der Waals surface area contributed by atoms with Gasteiger partial charge in [0.25, 0.3) is 0 Å². The first kappa shape index (κ1) is 16.0. The molecule has 0 aliphatic carbocycles.